The number of carbonyl (C=O) groups is 1. The van der Waals surface area contributed by atoms with Crippen LogP contribution in [0.2, 0.25) is 0 Å². The maximum atomic E-state index is 11.7. The van der Waals surface area contributed by atoms with Crippen molar-refractivity contribution in [2.45, 2.75) is 20.8 Å². The Balaban J connectivity index is 2.26. The van der Waals surface area contributed by atoms with Crippen molar-refractivity contribution in [3.8, 4) is 17.0 Å². The molecule has 4 nitrogen and oxygen atoms in total. The summed E-state index contributed by atoms with van der Waals surface area (Å²) in [5, 5.41) is 10.3. The van der Waals surface area contributed by atoms with E-state index in [9.17, 15) is 9.90 Å². The molecule has 4 heteroatoms. The maximum Gasteiger partial charge on any atom is 0.336 e. The van der Waals surface area contributed by atoms with Crippen LogP contribution in [0.15, 0.2) is 42.5 Å². The first-order valence-electron chi connectivity index (χ1n) is 7.88. The van der Waals surface area contributed by atoms with Crippen LogP contribution < -0.4 is 4.74 Å². The third kappa shape index (κ3) is 2.95. The number of carboxylic acid groups (broad SMARTS) is 1. The van der Waals surface area contributed by atoms with Gasteiger partial charge in [-0.2, -0.15) is 0 Å². The van der Waals surface area contributed by atoms with Crippen molar-refractivity contribution in [1.29, 1.82) is 0 Å². The van der Waals surface area contributed by atoms with Crippen LogP contribution in [-0.2, 0) is 0 Å². The molecule has 1 aromatic heterocycles. The summed E-state index contributed by atoms with van der Waals surface area (Å²) in [6.45, 7) is 6.41. The molecule has 0 bridgehead atoms. The smallest absolute Gasteiger partial charge is 0.336 e. The van der Waals surface area contributed by atoms with Crippen molar-refractivity contribution >= 4 is 16.9 Å². The molecule has 0 radical (unpaired) electrons. The van der Waals surface area contributed by atoms with Crippen molar-refractivity contribution in [3.63, 3.8) is 0 Å². The van der Waals surface area contributed by atoms with Crippen molar-refractivity contribution in [3.05, 3.63) is 59.2 Å². The molecular weight excluding hydrogens is 302 g/mol. The second kappa shape index (κ2) is 6.32. The van der Waals surface area contributed by atoms with E-state index in [0.717, 1.165) is 28.0 Å². The quantitative estimate of drug-likeness (QED) is 0.762. The highest BCUT2D eigenvalue weighted by atomic mass is 16.5. The molecule has 0 saturated heterocycles. The number of fused-ring (bicyclic) bond motifs is 1. The Morgan fingerprint density at radius 3 is 2.67 bits per heavy atom. The summed E-state index contributed by atoms with van der Waals surface area (Å²) in [6.07, 6.45) is 0. The van der Waals surface area contributed by atoms with E-state index in [1.807, 2.05) is 57.2 Å². The van der Waals surface area contributed by atoms with Crippen LogP contribution in [0.4, 0.5) is 0 Å². The Morgan fingerprint density at radius 2 is 1.96 bits per heavy atom. The first-order valence-corrected chi connectivity index (χ1v) is 7.88. The average molecular weight is 321 g/mol. The molecule has 0 unspecified atom stereocenters. The molecule has 0 saturated carbocycles. The zero-order valence-electron chi connectivity index (χ0n) is 14.0. The molecule has 0 aliphatic rings. The van der Waals surface area contributed by atoms with E-state index in [4.69, 9.17) is 9.72 Å². The van der Waals surface area contributed by atoms with E-state index in [1.54, 1.807) is 6.07 Å². The molecule has 0 aliphatic heterocycles. The third-order valence-electron chi connectivity index (χ3n) is 3.92. The molecule has 122 valence electrons. The second-order valence-electron chi connectivity index (χ2n) is 5.80. The lowest BCUT2D eigenvalue weighted by Gasteiger charge is -2.11. The fraction of sp³-hybridized carbons (Fsp3) is 0.200. The molecule has 3 rings (SSSR count). The van der Waals surface area contributed by atoms with Gasteiger partial charge in [0.05, 0.1) is 23.4 Å². The lowest BCUT2D eigenvalue weighted by Crippen LogP contribution is -2.02. The number of nitrogens with zero attached hydrogens (tertiary/aromatic N) is 1. The molecule has 0 spiro atoms. The molecule has 0 aliphatic carbocycles. The SMILES string of the molecule is CCOc1cccc(-c2cc(C(=O)O)c3cc(C)cc(C)c3n2)c1. The van der Waals surface area contributed by atoms with E-state index in [-0.39, 0.29) is 5.56 Å². The summed E-state index contributed by atoms with van der Waals surface area (Å²) in [5.41, 5.74) is 4.45. The summed E-state index contributed by atoms with van der Waals surface area (Å²) in [4.78, 5) is 16.4. The number of hydrogen-bond donors (Lipinski definition) is 1. The number of ether oxygens (including phenoxy) is 1. The first kappa shape index (κ1) is 16.0. The van der Waals surface area contributed by atoms with Crippen molar-refractivity contribution < 1.29 is 14.6 Å². The van der Waals surface area contributed by atoms with Crippen molar-refractivity contribution in [2.24, 2.45) is 0 Å². The average Bonchev–Trinajstić information content (AvgIpc) is 2.54. The molecule has 1 N–H and O–H groups in total. The van der Waals surface area contributed by atoms with E-state index < -0.39 is 5.97 Å². The lowest BCUT2D eigenvalue weighted by molar-refractivity contribution is 0.0699. The van der Waals surface area contributed by atoms with Gasteiger partial charge in [0, 0.05) is 10.9 Å². The van der Waals surface area contributed by atoms with Gasteiger partial charge in [0.25, 0.3) is 0 Å². The molecule has 3 aromatic rings. The molecule has 0 atom stereocenters. The number of aryl methyl sites for hydroxylation is 2. The molecule has 0 amide bonds. The summed E-state index contributed by atoms with van der Waals surface area (Å²) in [6, 6.07) is 13.1. The minimum atomic E-state index is -0.949. The summed E-state index contributed by atoms with van der Waals surface area (Å²) in [5.74, 6) is -0.205. The van der Waals surface area contributed by atoms with Crippen molar-refractivity contribution in [1.82, 2.24) is 4.98 Å². The Bertz CT molecular complexity index is 932. The number of pyridine rings is 1. The van der Waals surface area contributed by atoms with Gasteiger partial charge in [0.15, 0.2) is 0 Å². The normalized spacial score (nSPS) is 10.8. The second-order valence-corrected chi connectivity index (χ2v) is 5.80. The number of carboxylic acids is 1. The van der Waals surface area contributed by atoms with Crippen LogP contribution in [0.1, 0.15) is 28.4 Å². The lowest BCUT2D eigenvalue weighted by atomic mass is 10.00. The predicted octanol–water partition coefficient (Wildman–Crippen LogP) is 4.62. The zero-order valence-corrected chi connectivity index (χ0v) is 14.0. The molecular formula is C20H19NO3. The van der Waals surface area contributed by atoms with Gasteiger partial charge < -0.3 is 9.84 Å². The monoisotopic (exact) mass is 321 g/mol. The minimum absolute atomic E-state index is 0.267. The van der Waals surface area contributed by atoms with Crippen LogP contribution >= 0.6 is 0 Å². The maximum absolute atomic E-state index is 11.7. The fourth-order valence-corrected chi connectivity index (χ4v) is 2.92. The summed E-state index contributed by atoms with van der Waals surface area (Å²) < 4.78 is 5.53. The van der Waals surface area contributed by atoms with Crippen molar-refractivity contribution in [2.75, 3.05) is 6.61 Å². The first-order chi connectivity index (χ1) is 11.5. The van der Waals surface area contributed by atoms with Gasteiger partial charge in [-0.3, -0.25) is 0 Å². The van der Waals surface area contributed by atoms with Crippen LogP contribution in [-0.4, -0.2) is 22.7 Å². The highest BCUT2D eigenvalue weighted by molar-refractivity contribution is 6.04. The highest BCUT2D eigenvalue weighted by Gasteiger charge is 2.15. The number of aromatic nitrogens is 1. The topological polar surface area (TPSA) is 59.4 Å². The van der Waals surface area contributed by atoms with E-state index >= 15 is 0 Å². The van der Waals surface area contributed by atoms with Gasteiger partial charge in [-0.05, 0) is 50.6 Å². The van der Waals surface area contributed by atoms with Gasteiger partial charge >= 0.3 is 5.97 Å². The van der Waals surface area contributed by atoms with Gasteiger partial charge in [0.1, 0.15) is 5.75 Å². The van der Waals surface area contributed by atoms with E-state index in [1.165, 1.54) is 0 Å². The number of hydrogen-bond acceptors (Lipinski definition) is 3. The largest absolute Gasteiger partial charge is 0.494 e. The van der Waals surface area contributed by atoms with Crippen LogP contribution in [0, 0.1) is 13.8 Å². The Hall–Kier alpha value is -2.88. The Kier molecular flexibility index (Phi) is 4.21. The van der Waals surface area contributed by atoms with Gasteiger partial charge in [-0.25, -0.2) is 9.78 Å². The molecule has 24 heavy (non-hydrogen) atoms. The van der Waals surface area contributed by atoms with E-state index in [2.05, 4.69) is 0 Å². The predicted molar refractivity (Wildman–Crippen MR) is 94.8 cm³/mol. The Morgan fingerprint density at radius 1 is 1.17 bits per heavy atom. The third-order valence-corrected chi connectivity index (χ3v) is 3.92. The number of aromatic carboxylic acids is 1. The van der Waals surface area contributed by atoms with Gasteiger partial charge in [0.2, 0.25) is 0 Å². The number of rotatable bonds is 4. The van der Waals surface area contributed by atoms with E-state index in [0.29, 0.717) is 17.7 Å². The standard InChI is InChI=1S/C20H19NO3/c1-4-24-15-7-5-6-14(10-15)18-11-17(20(22)23)16-9-12(2)8-13(3)19(16)21-18/h5-11H,4H2,1-3H3,(H,22,23). The zero-order chi connectivity index (χ0) is 17.3. The van der Waals surface area contributed by atoms with Crippen LogP contribution in [0.3, 0.4) is 0 Å². The molecule has 1 heterocycles. The number of benzene rings is 2. The molecule has 0 fully saturated rings. The van der Waals surface area contributed by atoms with Crippen LogP contribution in [0.25, 0.3) is 22.2 Å². The fourth-order valence-electron chi connectivity index (χ4n) is 2.92. The summed E-state index contributed by atoms with van der Waals surface area (Å²) >= 11 is 0. The van der Waals surface area contributed by atoms with Gasteiger partial charge in [-0.15, -0.1) is 0 Å². The minimum Gasteiger partial charge on any atom is -0.494 e. The van der Waals surface area contributed by atoms with Gasteiger partial charge in [-0.1, -0.05) is 23.8 Å². The highest BCUT2D eigenvalue weighted by Crippen LogP contribution is 2.29. The molecule has 2 aromatic carbocycles. The summed E-state index contributed by atoms with van der Waals surface area (Å²) in [7, 11) is 0. The Labute approximate surface area is 140 Å². The van der Waals surface area contributed by atoms with Crippen LogP contribution in [0.5, 0.6) is 5.75 Å².